The van der Waals surface area contributed by atoms with Crippen LogP contribution in [0.1, 0.15) is 16.7 Å². The Bertz CT molecular complexity index is 647. The van der Waals surface area contributed by atoms with Gasteiger partial charge in [-0.25, -0.2) is 4.39 Å². The zero-order valence-electron chi connectivity index (χ0n) is 10.4. The lowest BCUT2D eigenvalue weighted by Crippen LogP contribution is -2.03. The van der Waals surface area contributed by atoms with Crippen molar-refractivity contribution < 1.29 is 4.39 Å². The van der Waals surface area contributed by atoms with Crippen molar-refractivity contribution in [3.8, 4) is 6.07 Å². The van der Waals surface area contributed by atoms with Crippen LogP contribution in [0.2, 0.25) is 5.02 Å². The first-order chi connectivity index (χ1) is 9.11. The topological polar surface area (TPSA) is 35.8 Å². The first kappa shape index (κ1) is 13.4. The molecule has 2 nitrogen and oxygen atoms in total. The van der Waals surface area contributed by atoms with Crippen LogP contribution in [-0.2, 0) is 6.54 Å². The second-order valence-corrected chi connectivity index (χ2v) is 4.63. The first-order valence-corrected chi connectivity index (χ1v) is 6.17. The van der Waals surface area contributed by atoms with Gasteiger partial charge in [0, 0.05) is 12.1 Å². The monoisotopic (exact) mass is 274 g/mol. The fraction of sp³-hybridized carbons (Fsp3) is 0.133. The fourth-order valence-corrected chi connectivity index (χ4v) is 1.95. The predicted molar refractivity (Wildman–Crippen MR) is 74.6 cm³/mol. The van der Waals surface area contributed by atoms with Gasteiger partial charge in [0.1, 0.15) is 11.9 Å². The minimum Gasteiger partial charge on any atom is -0.380 e. The van der Waals surface area contributed by atoms with Crippen molar-refractivity contribution in [3.05, 3.63) is 63.9 Å². The third-order valence-corrected chi connectivity index (χ3v) is 3.12. The number of nitrogens with zero attached hydrogens (tertiary/aromatic N) is 1. The van der Waals surface area contributed by atoms with Crippen molar-refractivity contribution in [2.75, 3.05) is 5.32 Å². The molecule has 2 rings (SSSR count). The van der Waals surface area contributed by atoms with Crippen LogP contribution >= 0.6 is 11.6 Å². The van der Waals surface area contributed by atoms with Crippen LogP contribution in [0, 0.1) is 24.1 Å². The SMILES string of the molecule is Cc1ccc(Cl)c(NCc2cccc(C#N)c2F)c1. The molecule has 0 radical (unpaired) electrons. The molecule has 0 unspecified atom stereocenters. The van der Waals surface area contributed by atoms with Gasteiger partial charge in [-0.2, -0.15) is 5.26 Å². The summed E-state index contributed by atoms with van der Waals surface area (Å²) in [6, 6.07) is 12.2. The maximum atomic E-state index is 13.9. The van der Waals surface area contributed by atoms with Gasteiger partial charge in [0.05, 0.1) is 16.3 Å². The van der Waals surface area contributed by atoms with Crippen LogP contribution in [0.5, 0.6) is 0 Å². The number of rotatable bonds is 3. The summed E-state index contributed by atoms with van der Waals surface area (Å²) >= 11 is 6.05. The zero-order valence-corrected chi connectivity index (χ0v) is 11.1. The van der Waals surface area contributed by atoms with E-state index in [2.05, 4.69) is 5.32 Å². The Labute approximate surface area is 116 Å². The van der Waals surface area contributed by atoms with Gasteiger partial charge < -0.3 is 5.32 Å². The molecule has 0 atom stereocenters. The molecule has 1 N–H and O–H groups in total. The summed E-state index contributed by atoms with van der Waals surface area (Å²) in [5, 5.41) is 12.4. The highest BCUT2D eigenvalue weighted by atomic mass is 35.5. The molecule has 0 spiro atoms. The molecule has 2 aromatic rings. The largest absolute Gasteiger partial charge is 0.380 e. The van der Waals surface area contributed by atoms with Crippen molar-refractivity contribution in [2.24, 2.45) is 0 Å². The van der Waals surface area contributed by atoms with Crippen molar-refractivity contribution >= 4 is 17.3 Å². The van der Waals surface area contributed by atoms with Gasteiger partial charge in [-0.15, -0.1) is 0 Å². The number of nitriles is 1. The lowest BCUT2D eigenvalue weighted by atomic mass is 10.1. The smallest absolute Gasteiger partial charge is 0.145 e. The lowest BCUT2D eigenvalue weighted by Gasteiger charge is -2.10. The molecule has 0 aliphatic rings. The van der Waals surface area contributed by atoms with E-state index in [0.29, 0.717) is 10.6 Å². The van der Waals surface area contributed by atoms with Gasteiger partial charge in [-0.3, -0.25) is 0 Å². The van der Waals surface area contributed by atoms with E-state index in [4.69, 9.17) is 16.9 Å². The van der Waals surface area contributed by atoms with Gasteiger partial charge in [0.25, 0.3) is 0 Å². The number of hydrogen-bond donors (Lipinski definition) is 1. The minimum atomic E-state index is -0.485. The van der Waals surface area contributed by atoms with E-state index < -0.39 is 5.82 Å². The Kier molecular flexibility index (Phi) is 4.03. The first-order valence-electron chi connectivity index (χ1n) is 5.79. The fourth-order valence-electron chi connectivity index (χ4n) is 1.77. The molecule has 0 saturated carbocycles. The molecule has 0 aliphatic heterocycles. The van der Waals surface area contributed by atoms with E-state index in [1.54, 1.807) is 18.2 Å². The van der Waals surface area contributed by atoms with E-state index in [0.717, 1.165) is 11.3 Å². The minimum absolute atomic E-state index is 0.0506. The van der Waals surface area contributed by atoms with Crippen molar-refractivity contribution in [1.29, 1.82) is 5.26 Å². The predicted octanol–water partition coefficient (Wildman–Crippen LogP) is 4.27. The van der Waals surface area contributed by atoms with Gasteiger partial charge in [0.2, 0.25) is 0 Å². The number of anilines is 1. The van der Waals surface area contributed by atoms with E-state index >= 15 is 0 Å². The van der Waals surface area contributed by atoms with Crippen LogP contribution in [0.4, 0.5) is 10.1 Å². The summed E-state index contributed by atoms with van der Waals surface area (Å²) in [5.74, 6) is -0.485. The Morgan fingerprint density at radius 1 is 1.32 bits per heavy atom. The van der Waals surface area contributed by atoms with Crippen LogP contribution in [-0.4, -0.2) is 0 Å². The summed E-state index contributed by atoms with van der Waals surface area (Å²) in [5.41, 5.74) is 2.31. The number of benzene rings is 2. The van der Waals surface area contributed by atoms with E-state index in [-0.39, 0.29) is 12.1 Å². The van der Waals surface area contributed by atoms with Crippen molar-refractivity contribution in [2.45, 2.75) is 13.5 Å². The molecule has 0 aromatic heterocycles. The van der Waals surface area contributed by atoms with Crippen LogP contribution in [0.15, 0.2) is 36.4 Å². The third-order valence-electron chi connectivity index (χ3n) is 2.79. The molecule has 0 heterocycles. The normalized spacial score (nSPS) is 10.0. The van der Waals surface area contributed by atoms with Crippen LogP contribution in [0.3, 0.4) is 0 Å². The van der Waals surface area contributed by atoms with Gasteiger partial charge >= 0.3 is 0 Å². The molecule has 19 heavy (non-hydrogen) atoms. The third kappa shape index (κ3) is 3.04. The van der Waals surface area contributed by atoms with Gasteiger partial charge in [-0.05, 0) is 30.7 Å². The van der Waals surface area contributed by atoms with Crippen LogP contribution in [0.25, 0.3) is 0 Å². The maximum absolute atomic E-state index is 13.9. The van der Waals surface area contributed by atoms with Gasteiger partial charge in [-0.1, -0.05) is 29.8 Å². The molecular formula is C15H12ClFN2. The Morgan fingerprint density at radius 3 is 2.84 bits per heavy atom. The quantitative estimate of drug-likeness (QED) is 0.907. The number of nitrogens with one attached hydrogen (secondary N) is 1. The van der Waals surface area contributed by atoms with Crippen molar-refractivity contribution in [3.63, 3.8) is 0 Å². The van der Waals surface area contributed by atoms with Crippen LogP contribution < -0.4 is 5.32 Å². The highest BCUT2D eigenvalue weighted by molar-refractivity contribution is 6.33. The Balaban J connectivity index is 2.20. The molecule has 0 fully saturated rings. The summed E-state index contributed by atoms with van der Waals surface area (Å²) in [6.45, 7) is 2.24. The van der Waals surface area contributed by atoms with Crippen molar-refractivity contribution in [1.82, 2.24) is 0 Å². The Hall–Kier alpha value is -2.05. The standard InChI is InChI=1S/C15H12ClFN2/c1-10-5-6-13(16)14(7-10)19-9-12-4-2-3-11(8-18)15(12)17/h2-7,19H,9H2,1H3. The zero-order chi connectivity index (χ0) is 13.8. The summed E-state index contributed by atoms with van der Waals surface area (Å²) in [7, 11) is 0. The molecule has 2 aromatic carbocycles. The van der Waals surface area contributed by atoms with E-state index in [1.807, 2.05) is 25.1 Å². The summed E-state index contributed by atoms with van der Waals surface area (Å²) < 4.78 is 13.9. The molecule has 0 aliphatic carbocycles. The Morgan fingerprint density at radius 2 is 2.11 bits per heavy atom. The molecule has 96 valence electrons. The lowest BCUT2D eigenvalue weighted by molar-refractivity contribution is 0.609. The number of aryl methyl sites for hydroxylation is 1. The summed E-state index contributed by atoms with van der Waals surface area (Å²) in [6.07, 6.45) is 0. The van der Waals surface area contributed by atoms with Gasteiger partial charge in [0.15, 0.2) is 0 Å². The van der Waals surface area contributed by atoms with E-state index in [1.165, 1.54) is 6.07 Å². The average Bonchev–Trinajstić information content (AvgIpc) is 2.41. The maximum Gasteiger partial charge on any atom is 0.145 e. The highest BCUT2D eigenvalue weighted by Gasteiger charge is 2.08. The average molecular weight is 275 g/mol. The second kappa shape index (κ2) is 5.73. The molecule has 4 heteroatoms. The second-order valence-electron chi connectivity index (χ2n) is 4.23. The number of hydrogen-bond acceptors (Lipinski definition) is 2. The highest BCUT2D eigenvalue weighted by Crippen LogP contribution is 2.24. The molecular weight excluding hydrogens is 263 g/mol. The molecule has 0 bridgehead atoms. The van der Waals surface area contributed by atoms with E-state index in [9.17, 15) is 4.39 Å². The number of halogens is 2. The molecule has 0 saturated heterocycles. The summed E-state index contributed by atoms with van der Waals surface area (Å²) in [4.78, 5) is 0. The molecule has 0 amide bonds.